The fourth-order valence-electron chi connectivity index (χ4n) is 1.40. The van der Waals surface area contributed by atoms with Crippen LogP contribution in [0, 0.1) is 10.1 Å². The van der Waals surface area contributed by atoms with Gasteiger partial charge in [-0.2, -0.15) is 0 Å². The van der Waals surface area contributed by atoms with E-state index in [4.69, 9.17) is 5.11 Å². The van der Waals surface area contributed by atoms with Crippen LogP contribution < -0.4 is 10.6 Å². The van der Waals surface area contributed by atoms with Gasteiger partial charge in [0.25, 0.3) is 5.69 Å². The minimum absolute atomic E-state index is 0.0984. The molecule has 0 aliphatic heterocycles. The maximum atomic E-state index is 11.2. The van der Waals surface area contributed by atoms with Gasteiger partial charge in [0.15, 0.2) is 0 Å². The third-order valence-electron chi connectivity index (χ3n) is 2.25. The average Bonchev–Trinajstić information content (AvgIpc) is 2.36. The molecule has 8 nitrogen and oxygen atoms in total. The van der Waals surface area contributed by atoms with Crippen molar-refractivity contribution in [1.82, 2.24) is 5.32 Å². The Morgan fingerprint density at radius 1 is 1.42 bits per heavy atom. The Kier molecular flexibility index (Phi) is 4.81. The van der Waals surface area contributed by atoms with Crippen LogP contribution in [0.1, 0.15) is 17.3 Å². The number of anilines is 1. The smallest absolute Gasteiger partial charge is 0.335 e. The molecule has 0 aromatic heterocycles. The molecular weight excluding hydrogens is 254 g/mol. The number of amides is 1. The van der Waals surface area contributed by atoms with Crippen LogP contribution in [0.5, 0.6) is 0 Å². The van der Waals surface area contributed by atoms with Crippen molar-refractivity contribution in [3.8, 4) is 0 Å². The van der Waals surface area contributed by atoms with Gasteiger partial charge < -0.3 is 15.7 Å². The molecule has 1 aromatic carbocycles. The van der Waals surface area contributed by atoms with E-state index in [1.54, 1.807) is 6.92 Å². The molecule has 3 N–H and O–H groups in total. The molecule has 1 aromatic rings. The second-order valence-corrected chi connectivity index (χ2v) is 3.60. The molecule has 0 aliphatic carbocycles. The zero-order valence-electron chi connectivity index (χ0n) is 10.2. The number of benzene rings is 1. The van der Waals surface area contributed by atoms with Crippen molar-refractivity contribution in [1.29, 1.82) is 0 Å². The number of carboxylic acids is 1. The van der Waals surface area contributed by atoms with Crippen LogP contribution in [0.3, 0.4) is 0 Å². The number of nitrogens with one attached hydrogen (secondary N) is 2. The van der Waals surface area contributed by atoms with E-state index < -0.39 is 10.9 Å². The van der Waals surface area contributed by atoms with E-state index in [0.717, 1.165) is 6.07 Å². The van der Waals surface area contributed by atoms with Crippen LogP contribution in [-0.4, -0.2) is 35.0 Å². The zero-order chi connectivity index (χ0) is 14.4. The van der Waals surface area contributed by atoms with E-state index >= 15 is 0 Å². The number of carboxylic acid groups (broad SMARTS) is 1. The van der Waals surface area contributed by atoms with Gasteiger partial charge in [0, 0.05) is 12.6 Å². The summed E-state index contributed by atoms with van der Waals surface area (Å²) < 4.78 is 0. The van der Waals surface area contributed by atoms with Gasteiger partial charge in [-0.1, -0.05) is 0 Å². The third-order valence-corrected chi connectivity index (χ3v) is 2.25. The fourth-order valence-corrected chi connectivity index (χ4v) is 1.40. The number of nitrogens with zero attached hydrogens (tertiary/aromatic N) is 1. The standard InChI is InChI=1S/C11H13N3O5/c1-2-12-10(15)6-13-8-4-3-7(11(16)17)5-9(8)14(18)19/h3-5,13H,2,6H2,1H3,(H,12,15)(H,16,17). The van der Waals surface area contributed by atoms with Crippen molar-refractivity contribution in [3.63, 3.8) is 0 Å². The van der Waals surface area contributed by atoms with Crippen molar-refractivity contribution in [2.75, 3.05) is 18.4 Å². The number of carbonyl (C=O) groups excluding carboxylic acids is 1. The molecule has 19 heavy (non-hydrogen) atoms. The summed E-state index contributed by atoms with van der Waals surface area (Å²) >= 11 is 0. The largest absolute Gasteiger partial charge is 0.478 e. The maximum absolute atomic E-state index is 11.2. The minimum atomic E-state index is -1.25. The van der Waals surface area contributed by atoms with Gasteiger partial charge in [-0.3, -0.25) is 14.9 Å². The summed E-state index contributed by atoms with van der Waals surface area (Å²) in [6.45, 7) is 2.09. The van der Waals surface area contributed by atoms with Gasteiger partial charge in [-0.25, -0.2) is 4.79 Å². The SMILES string of the molecule is CCNC(=O)CNc1ccc(C(=O)O)cc1[N+](=O)[O-]. The summed E-state index contributed by atoms with van der Waals surface area (Å²) in [5.74, 6) is -1.56. The van der Waals surface area contributed by atoms with Gasteiger partial charge in [-0.15, -0.1) is 0 Å². The second-order valence-electron chi connectivity index (χ2n) is 3.60. The molecule has 0 bridgehead atoms. The Morgan fingerprint density at radius 3 is 2.63 bits per heavy atom. The number of likely N-dealkylation sites (N-methyl/N-ethyl adjacent to an activating group) is 1. The first-order valence-corrected chi connectivity index (χ1v) is 5.48. The summed E-state index contributed by atoms with van der Waals surface area (Å²) in [7, 11) is 0. The Bertz CT molecular complexity index is 515. The molecule has 1 rings (SSSR count). The van der Waals surface area contributed by atoms with Gasteiger partial charge in [0.1, 0.15) is 5.69 Å². The normalized spacial score (nSPS) is 9.74. The van der Waals surface area contributed by atoms with Crippen LogP contribution in [-0.2, 0) is 4.79 Å². The molecule has 0 aliphatic rings. The van der Waals surface area contributed by atoms with E-state index in [0.29, 0.717) is 6.54 Å². The molecule has 0 fully saturated rings. The third kappa shape index (κ3) is 3.95. The fraction of sp³-hybridized carbons (Fsp3) is 0.273. The molecule has 0 heterocycles. The molecule has 0 spiro atoms. The van der Waals surface area contributed by atoms with Crippen molar-refractivity contribution in [2.24, 2.45) is 0 Å². The lowest BCUT2D eigenvalue weighted by molar-refractivity contribution is -0.384. The summed E-state index contributed by atoms with van der Waals surface area (Å²) in [5.41, 5.74) is -0.472. The van der Waals surface area contributed by atoms with Crippen LogP contribution in [0.2, 0.25) is 0 Å². The molecule has 102 valence electrons. The molecule has 8 heteroatoms. The number of nitro groups is 1. The summed E-state index contributed by atoms with van der Waals surface area (Å²) in [6.07, 6.45) is 0. The predicted molar refractivity (Wildman–Crippen MR) is 67.2 cm³/mol. The highest BCUT2D eigenvalue weighted by Gasteiger charge is 2.17. The lowest BCUT2D eigenvalue weighted by Gasteiger charge is -2.07. The Morgan fingerprint density at radius 2 is 2.11 bits per heavy atom. The molecule has 0 saturated carbocycles. The highest BCUT2D eigenvalue weighted by Crippen LogP contribution is 2.25. The summed E-state index contributed by atoms with van der Waals surface area (Å²) in [6, 6.07) is 3.44. The lowest BCUT2D eigenvalue weighted by atomic mass is 10.1. The van der Waals surface area contributed by atoms with Crippen molar-refractivity contribution in [2.45, 2.75) is 6.92 Å². The van der Waals surface area contributed by atoms with Gasteiger partial charge in [-0.05, 0) is 19.1 Å². The van der Waals surface area contributed by atoms with Gasteiger partial charge in [0.05, 0.1) is 17.0 Å². The van der Waals surface area contributed by atoms with Crippen LogP contribution >= 0.6 is 0 Å². The van der Waals surface area contributed by atoms with Gasteiger partial charge in [0.2, 0.25) is 5.91 Å². The van der Waals surface area contributed by atoms with Crippen LogP contribution in [0.4, 0.5) is 11.4 Å². The highest BCUT2D eigenvalue weighted by molar-refractivity contribution is 5.90. The minimum Gasteiger partial charge on any atom is -0.478 e. The number of nitro benzene ring substituents is 1. The molecule has 1 amide bonds. The number of rotatable bonds is 6. The summed E-state index contributed by atoms with van der Waals surface area (Å²) in [4.78, 5) is 32.1. The maximum Gasteiger partial charge on any atom is 0.335 e. The Balaban J connectivity index is 2.91. The highest BCUT2D eigenvalue weighted by atomic mass is 16.6. The summed E-state index contributed by atoms with van der Waals surface area (Å²) in [5, 5.41) is 24.7. The lowest BCUT2D eigenvalue weighted by Crippen LogP contribution is -2.29. The molecule has 0 saturated heterocycles. The topological polar surface area (TPSA) is 122 Å². The van der Waals surface area contributed by atoms with E-state index in [2.05, 4.69) is 10.6 Å². The number of aromatic carboxylic acids is 1. The second kappa shape index (κ2) is 6.34. The zero-order valence-corrected chi connectivity index (χ0v) is 10.2. The predicted octanol–water partition coefficient (Wildman–Crippen LogP) is 0.841. The van der Waals surface area contributed by atoms with Crippen LogP contribution in [0.25, 0.3) is 0 Å². The van der Waals surface area contributed by atoms with Crippen molar-refractivity contribution >= 4 is 23.3 Å². The Hall–Kier alpha value is -2.64. The van der Waals surface area contributed by atoms with Gasteiger partial charge >= 0.3 is 5.97 Å². The van der Waals surface area contributed by atoms with E-state index in [9.17, 15) is 19.7 Å². The van der Waals surface area contributed by atoms with E-state index in [1.807, 2.05) is 0 Å². The molecular formula is C11H13N3O5. The average molecular weight is 267 g/mol. The Labute approximate surface area is 108 Å². The first-order valence-electron chi connectivity index (χ1n) is 5.48. The quantitative estimate of drug-likeness (QED) is 0.518. The molecule has 0 radical (unpaired) electrons. The van der Waals surface area contributed by atoms with Crippen LogP contribution in [0.15, 0.2) is 18.2 Å². The number of carbonyl (C=O) groups is 2. The first-order chi connectivity index (χ1) is 8.95. The molecule has 0 unspecified atom stereocenters. The number of hydrogen-bond acceptors (Lipinski definition) is 5. The van der Waals surface area contributed by atoms with E-state index in [-0.39, 0.29) is 29.4 Å². The van der Waals surface area contributed by atoms with Crippen molar-refractivity contribution < 1.29 is 19.6 Å². The monoisotopic (exact) mass is 267 g/mol. The van der Waals surface area contributed by atoms with E-state index in [1.165, 1.54) is 12.1 Å². The van der Waals surface area contributed by atoms with Crippen molar-refractivity contribution in [3.05, 3.63) is 33.9 Å². The number of hydrogen-bond donors (Lipinski definition) is 3. The first kappa shape index (κ1) is 14.4. The molecule has 0 atom stereocenters.